The van der Waals surface area contributed by atoms with Crippen LogP contribution in [0.5, 0.6) is 5.75 Å². The van der Waals surface area contributed by atoms with Gasteiger partial charge < -0.3 is 9.64 Å². The van der Waals surface area contributed by atoms with Gasteiger partial charge in [-0.2, -0.15) is 13.2 Å². The third kappa shape index (κ3) is 7.88. The van der Waals surface area contributed by atoms with Crippen LogP contribution in [0.4, 0.5) is 13.2 Å². The fourth-order valence-electron chi connectivity index (χ4n) is 7.65. The summed E-state index contributed by atoms with van der Waals surface area (Å²) in [6, 6.07) is 8.47. The van der Waals surface area contributed by atoms with E-state index in [4.69, 9.17) is 14.5 Å². The number of hydrogen-bond acceptors (Lipinski definition) is 4. The zero-order chi connectivity index (χ0) is 26.5. The zero-order valence-corrected chi connectivity index (χ0v) is 23.0. The van der Waals surface area contributed by atoms with Gasteiger partial charge in [-0.15, -0.1) is 0 Å². The van der Waals surface area contributed by atoms with E-state index < -0.39 is 12.1 Å². The van der Waals surface area contributed by atoms with E-state index in [9.17, 15) is 13.2 Å². The lowest BCUT2D eigenvalue weighted by atomic mass is 9.68. The lowest BCUT2D eigenvalue weighted by molar-refractivity contribution is -0.362. The first-order valence-corrected chi connectivity index (χ1v) is 15.2. The van der Waals surface area contributed by atoms with Gasteiger partial charge in [-0.25, -0.2) is 9.78 Å². The molecular weight excluding hydrogens is 491 g/mol. The van der Waals surface area contributed by atoms with E-state index in [1.54, 1.807) is 0 Å². The Morgan fingerprint density at radius 2 is 1.42 bits per heavy atom. The summed E-state index contributed by atoms with van der Waals surface area (Å²) in [7, 11) is 0. The molecule has 3 saturated carbocycles. The number of nitrogens with zero attached hydrogens (tertiary/aromatic N) is 1. The predicted octanol–water partition coefficient (Wildman–Crippen LogP) is 7.92. The number of rotatable bonds is 9. The molecule has 0 aromatic heterocycles. The van der Waals surface area contributed by atoms with Crippen LogP contribution < -0.4 is 4.74 Å². The summed E-state index contributed by atoms with van der Waals surface area (Å²) in [5, 5.41) is 0. The smallest absolute Gasteiger partial charge is 0.391 e. The Kier molecular flexibility index (Phi) is 9.59. The second-order valence-electron chi connectivity index (χ2n) is 12.7. The average molecular weight is 538 g/mol. The second kappa shape index (κ2) is 12.9. The highest BCUT2D eigenvalue weighted by molar-refractivity contribution is 5.29. The van der Waals surface area contributed by atoms with Crippen molar-refractivity contribution in [3.63, 3.8) is 0 Å². The van der Waals surface area contributed by atoms with Crippen LogP contribution in [0.25, 0.3) is 0 Å². The van der Waals surface area contributed by atoms with Gasteiger partial charge in [-0.1, -0.05) is 19.1 Å². The lowest BCUT2D eigenvalue weighted by Gasteiger charge is -2.41. The molecule has 1 saturated heterocycles. The monoisotopic (exact) mass is 537 g/mol. The van der Waals surface area contributed by atoms with Crippen molar-refractivity contribution in [2.45, 2.75) is 108 Å². The molecule has 5 rings (SSSR count). The van der Waals surface area contributed by atoms with Crippen molar-refractivity contribution in [1.29, 1.82) is 0 Å². The quantitative estimate of drug-likeness (QED) is 0.182. The maximum Gasteiger partial charge on any atom is 0.391 e. The number of hydrogen-bond donors (Lipinski definition) is 0. The maximum absolute atomic E-state index is 12.8. The number of alkyl halides is 3. The first kappa shape index (κ1) is 28.2. The largest absolute Gasteiger partial charge is 0.494 e. The third-order valence-corrected chi connectivity index (χ3v) is 9.62. The summed E-state index contributed by atoms with van der Waals surface area (Å²) >= 11 is 0. The van der Waals surface area contributed by atoms with Crippen molar-refractivity contribution in [2.24, 2.45) is 23.7 Å². The number of benzene rings is 1. The SMILES string of the molecule is CC1CC2CC(C1)CC(OOC1CCC(c3ccc(OCCCN4CCC(C(F)(F)F)CC4)cc3)CC1)C2. The van der Waals surface area contributed by atoms with E-state index in [-0.39, 0.29) is 25.0 Å². The van der Waals surface area contributed by atoms with Crippen LogP contribution in [-0.4, -0.2) is 49.5 Å². The van der Waals surface area contributed by atoms with Crippen LogP contribution in [-0.2, 0) is 9.78 Å². The highest BCUT2D eigenvalue weighted by atomic mass is 19.4. The zero-order valence-electron chi connectivity index (χ0n) is 23.0. The van der Waals surface area contributed by atoms with Crippen molar-refractivity contribution in [3.05, 3.63) is 29.8 Å². The van der Waals surface area contributed by atoms with E-state index >= 15 is 0 Å². The number of ether oxygens (including phenoxy) is 1. The molecule has 38 heavy (non-hydrogen) atoms. The number of fused-ring (bicyclic) bond motifs is 2. The molecule has 0 radical (unpaired) electrons. The highest BCUT2D eigenvalue weighted by Crippen LogP contribution is 2.44. The molecule has 4 nitrogen and oxygen atoms in total. The molecule has 0 N–H and O–H groups in total. The van der Waals surface area contributed by atoms with Gasteiger partial charge >= 0.3 is 6.18 Å². The van der Waals surface area contributed by atoms with Crippen LogP contribution in [0.1, 0.15) is 95.5 Å². The fourth-order valence-corrected chi connectivity index (χ4v) is 7.65. The Bertz CT molecular complexity index is 829. The number of halogens is 3. The first-order valence-electron chi connectivity index (χ1n) is 15.2. The van der Waals surface area contributed by atoms with Crippen molar-refractivity contribution < 1.29 is 27.7 Å². The summed E-state index contributed by atoms with van der Waals surface area (Å²) in [5.41, 5.74) is 1.36. The molecule has 0 amide bonds. The number of likely N-dealkylation sites (tertiary alicyclic amines) is 1. The van der Waals surface area contributed by atoms with E-state index in [2.05, 4.69) is 36.1 Å². The minimum Gasteiger partial charge on any atom is -0.494 e. The molecular formula is C31H46F3NO3. The standard InChI is InChI=1S/C31H46F3NO3/c1-22-17-23-19-24(18-22)21-30(20-23)38-37-29-9-5-26(6-10-29)25-3-7-28(8-4-25)36-16-2-13-35-14-11-27(12-15-35)31(32,33)34/h3-4,7-8,22-24,26-27,29-30H,2,5-6,9-21H2,1H3. The molecule has 4 aliphatic rings. The first-order chi connectivity index (χ1) is 18.3. The Labute approximate surface area is 226 Å². The minimum atomic E-state index is -4.05. The van der Waals surface area contributed by atoms with Gasteiger partial charge in [0.15, 0.2) is 0 Å². The Balaban J connectivity index is 0.950. The summed E-state index contributed by atoms with van der Waals surface area (Å²) in [6.07, 6.45) is 8.49. The van der Waals surface area contributed by atoms with Crippen LogP contribution in [0.3, 0.4) is 0 Å². The normalized spacial score (nSPS) is 33.3. The molecule has 2 unspecified atom stereocenters. The summed E-state index contributed by atoms with van der Waals surface area (Å²) in [4.78, 5) is 14.1. The molecule has 1 aliphatic heterocycles. The number of piperidine rings is 1. The van der Waals surface area contributed by atoms with Gasteiger partial charge in [-0.3, -0.25) is 0 Å². The third-order valence-electron chi connectivity index (χ3n) is 9.62. The molecule has 214 valence electrons. The van der Waals surface area contributed by atoms with Crippen LogP contribution in [0, 0.1) is 23.7 Å². The van der Waals surface area contributed by atoms with Crippen molar-refractivity contribution >= 4 is 0 Å². The second-order valence-corrected chi connectivity index (χ2v) is 12.7. The molecule has 0 spiro atoms. The highest BCUT2D eigenvalue weighted by Gasteiger charge is 2.41. The Morgan fingerprint density at radius 3 is 2.05 bits per heavy atom. The topological polar surface area (TPSA) is 30.9 Å². The minimum absolute atomic E-state index is 0.216. The van der Waals surface area contributed by atoms with E-state index in [0.717, 1.165) is 62.2 Å². The molecule has 1 aromatic rings. The summed E-state index contributed by atoms with van der Waals surface area (Å²) < 4.78 is 44.4. The van der Waals surface area contributed by atoms with Crippen LogP contribution in [0.15, 0.2) is 24.3 Å². The predicted molar refractivity (Wildman–Crippen MR) is 142 cm³/mol. The van der Waals surface area contributed by atoms with Gasteiger partial charge in [-0.05, 0) is 132 Å². The van der Waals surface area contributed by atoms with Crippen LogP contribution in [0.2, 0.25) is 0 Å². The van der Waals surface area contributed by atoms with Gasteiger partial charge in [0.05, 0.1) is 24.7 Å². The summed E-state index contributed by atoms with van der Waals surface area (Å²) in [5.74, 6) is 2.83. The molecule has 4 fully saturated rings. The van der Waals surface area contributed by atoms with E-state index in [1.807, 2.05) is 0 Å². The molecule has 3 aliphatic carbocycles. The average Bonchev–Trinajstić information content (AvgIpc) is 2.90. The molecule has 1 heterocycles. The van der Waals surface area contributed by atoms with Gasteiger partial charge in [0.25, 0.3) is 0 Å². The molecule has 7 heteroatoms. The fraction of sp³-hybridized carbons (Fsp3) is 0.806. The van der Waals surface area contributed by atoms with Crippen molar-refractivity contribution in [3.8, 4) is 5.75 Å². The molecule has 1 aromatic carbocycles. The molecule has 2 bridgehead atoms. The molecule has 2 atom stereocenters. The summed E-state index contributed by atoms with van der Waals surface area (Å²) in [6.45, 7) is 4.83. The van der Waals surface area contributed by atoms with E-state index in [0.29, 0.717) is 25.6 Å². The Morgan fingerprint density at radius 1 is 0.789 bits per heavy atom. The van der Waals surface area contributed by atoms with Gasteiger partial charge in [0.1, 0.15) is 5.75 Å². The van der Waals surface area contributed by atoms with Gasteiger partial charge in [0.2, 0.25) is 0 Å². The van der Waals surface area contributed by atoms with E-state index in [1.165, 1.54) is 37.7 Å². The Hall–Kier alpha value is -1.31. The van der Waals surface area contributed by atoms with Gasteiger partial charge in [0, 0.05) is 6.54 Å². The van der Waals surface area contributed by atoms with Crippen molar-refractivity contribution in [2.75, 3.05) is 26.2 Å². The lowest BCUT2D eigenvalue weighted by Crippen LogP contribution is -2.39. The van der Waals surface area contributed by atoms with Crippen molar-refractivity contribution in [1.82, 2.24) is 4.90 Å². The van der Waals surface area contributed by atoms with Crippen LogP contribution >= 0.6 is 0 Å². The maximum atomic E-state index is 12.8.